The molecule has 6 heteroatoms. The second kappa shape index (κ2) is 5.26. The van der Waals surface area contributed by atoms with Crippen LogP contribution in [0.2, 0.25) is 0 Å². The van der Waals surface area contributed by atoms with Crippen molar-refractivity contribution in [3.8, 4) is 17.2 Å². The number of ketones is 1. The van der Waals surface area contributed by atoms with Gasteiger partial charge in [-0.05, 0) is 43.2 Å². The highest BCUT2D eigenvalue weighted by Crippen LogP contribution is 2.39. The zero-order valence-corrected chi connectivity index (χ0v) is 13.2. The number of aryl methyl sites for hydroxylation is 2. The van der Waals surface area contributed by atoms with Gasteiger partial charge in [0.2, 0.25) is 12.6 Å². The summed E-state index contributed by atoms with van der Waals surface area (Å²) in [6.45, 7) is 3.93. The minimum atomic E-state index is -0.800. The minimum Gasteiger partial charge on any atom is -0.478 e. The van der Waals surface area contributed by atoms with E-state index in [1.807, 2.05) is 26.0 Å². The van der Waals surface area contributed by atoms with Gasteiger partial charge in [0.25, 0.3) is 0 Å². The fraction of sp³-hybridized carbons (Fsp3) is 0.222. The first-order valence-electron chi connectivity index (χ1n) is 7.52. The van der Waals surface area contributed by atoms with E-state index in [0.29, 0.717) is 28.4 Å². The molecule has 1 unspecified atom stereocenters. The molecule has 2 aromatic rings. The lowest BCUT2D eigenvalue weighted by molar-refractivity contribution is 0.102. The van der Waals surface area contributed by atoms with Crippen LogP contribution in [0.4, 0.5) is 0 Å². The summed E-state index contributed by atoms with van der Waals surface area (Å²) >= 11 is 0. The zero-order chi connectivity index (χ0) is 16.8. The maximum Gasteiger partial charge on any atom is 0.231 e. The Bertz CT molecular complexity index is 887. The first-order valence-corrected chi connectivity index (χ1v) is 7.52. The summed E-state index contributed by atoms with van der Waals surface area (Å²) in [6.07, 6.45) is -0.800. The van der Waals surface area contributed by atoms with E-state index in [4.69, 9.17) is 14.2 Å². The number of ether oxygens (including phenoxy) is 3. The molecule has 0 amide bonds. The average Bonchev–Trinajstić information content (AvgIpc) is 3.01. The second-order valence-corrected chi connectivity index (χ2v) is 5.88. The van der Waals surface area contributed by atoms with Crippen LogP contribution in [0, 0.1) is 13.8 Å². The summed E-state index contributed by atoms with van der Waals surface area (Å²) in [4.78, 5) is 12.8. The zero-order valence-electron chi connectivity index (χ0n) is 13.2. The van der Waals surface area contributed by atoms with Crippen molar-refractivity contribution >= 4 is 11.5 Å². The Morgan fingerprint density at radius 1 is 1.08 bits per heavy atom. The van der Waals surface area contributed by atoms with Crippen LogP contribution in [0.25, 0.3) is 0 Å². The van der Waals surface area contributed by atoms with E-state index in [0.717, 1.165) is 11.1 Å². The lowest BCUT2D eigenvalue weighted by Crippen LogP contribution is -2.32. The molecule has 2 aliphatic rings. The lowest BCUT2D eigenvalue weighted by Gasteiger charge is -2.27. The standard InChI is InChI=1S/C18H15NO5/c1-9-5-10(2)15-14(6-9)24-18(16(19-21)17(15)20)11-3-4-12-13(7-11)23-8-22-12/h3-7,18,21H,8H2,1-2H3/b19-16+. The normalized spacial score (nSPS) is 20.0. The molecular formula is C18H15NO5. The van der Waals surface area contributed by atoms with Gasteiger partial charge in [-0.3, -0.25) is 4.79 Å². The van der Waals surface area contributed by atoms with Crippen LogP contribution in [0.15, 0.2) is 35.5 Å². The summed E-state index contributed by atoms with van der Waals surface area (Å²) in [7, 11) is 0. The molecule has 0 aromatic heterocycles. The Balaban J connectivity index is 1.83. The molecule has 122 valence electrons. The van der Waals surface area contributed by atoms with Crippen molar-refractivity contribution in [1.82, 2.24) is 0 Å². The third kappa shape index (κ3) is 2.11. The van der Waals surface area contributed by atoms with Crippen molar-refractivity contribution in [3.63, 3.8) is 0 Å². The molecule has 2 aromatic carbocycles. The van der Waals surface area contributed by atoms with E-state index in [1.54, 1.807) is 18.2 Å². The van der Waals surface area contributed by atoms with Gasteiger partial charge in [-0.1, -0.05) is 17.3 Å². The minimum absolute atomic E-state index is 0.0479. The van der Waals surface area contributed by atoms with Gasteiger partial charge in [0.05, 0.1) is 5.56 Å². The van der Waals surface area contributed by atoms with E-state index in [2.05, 4.69) is 5.16 Å². The van der Waals surface area contributed by atoms with Gasteiger partial charge in [0.1, 0.15) is 5.75 Å². The van der Waals surface area contributed by atoms with E-state index in [1.165, 1.54) is 0 Å². The number of benzene rings is 2. The van der Waals surface area contributed by atoms with Crippen LogP contribution in [-0.2, 0) is 0 Å². The van der Waals surface area contributed by atoms with Crippen molar-refractivity contribution in [1.29, 1.82) is 0 Å². The highest BCUT2D eigenvalue weighted by atomic mass is 16.7. The SMILES string of the molecule is Cc1cc(C)c2c(c1)OC(c1ccc3c(c1)OCO3)/C(=N/O)C2=O. The topological polar surface area (TPSA) is 77.3 Å². The van der Waals surface area contributed by atoms with E-state index >= 15 is 0 Å². The van der Waals surface area contributed by atoms with Crippen LogP contribution in [0.3, 0.4) is 0 Å². The van der Waals surface area contributed by atoms with Gasteiger partial charge in [-0.25, -0.2) is 0 Å². The van der Waals surface area contributed by atoms with Crippen molar-refractivity contribution in [2.75, 3.05) is 6.79 Å². The lowest BCUT2D eigenvalue weighted by atomic mass is 9.90. The van der Waals surface area contributed by atoms with Gasteiger partial charge in [0.15, 0.2) is 23.3 Å². The molecule has 2 heterocycles. The number of hydrogen-bond acceptors (Lipinski definition) is 6. The number of Topliss-reactive ketones (excluding diaryl/α,β-unsaturated/α-hetero) is 1. The van der Waals surface area contributed by atoms with Gasteiger partial charge < -0.3 is 19.4 Å². The van der Waals surface area contributed by atoms with Crippen LogP contribution in [0.5, 0.6) is 17.2 Å². The van der Waals surface area contributed by atoms with Crippen LogP contribution >= 0.6 is 0 Å². The molecule has 0 bridgehead atoms. The Hall–Kier alpha value is -3.02. The van der Waals surface area contributed by atoms with Crippen LogP contribution < -0.4 is 14.2 Å². The maximum atomic E-state index is 12.8. The fourth-order valence-electron chi connectivity index (χ4n) is 3.14. The molecule has 1 N–H and O–H groups in total. The van der Waals surface area contributed by atoms with Crippen molar-refractivity contribution in [3.05, 3.63) is 52.6 Å². The molecule has 24 heavy (non-hydrogen) atoms. The van der Waals surface area contributed by atoms with Gasteiger partial charge in [-0.2, -0.15) is 0 Å². The molecule has 0 radical (unpaired) electrons. The van der Waals surface area contributed by atoms with Gasteiger partial charge >= 0.3 is 0 Å². The van der Waals surface area contributed by atoms with E-state index in [-0.39, 0.29) is 18.3 Å². The van der Waals surface area contributed by atoms with Crippen LogP contribution in [0.1, 0.15) is 33.2 Å². The highest BCUT2D eigenvalue weighted by Gasteiger charge is 2.37. The molecule has 1 atom stereocenters. The smallest absolute Gasteiger partial charge is 0.231 e. The number of carbonyl (C=O) groups excluding carboxylic acids is 1. The Kier molecular flexibility index (Phi) is 3.19. The Morgan fingerprint density at radius 2 is 1.88 bits per heavy atom. The number of carbonyl (C=O) groups is 1. The van der Waals surface area contributed by atoms with E-state index < -0.39 is 6.10 Å². The number of nitrogens with zero attached hydrogens (tertiary/aromatic N) is 1. The third-order valence-corrected chi connectivity index (χ3v) is 4.20. The highest BCUT2D eigenvalue weighted by molar-refractivity contribution is 6.48. The van der Waals surface area contributed by atoms with Crippen molar-refractivity contribution < 1.29 is 24.2 Å². The summed E-state index contributed by atoms with van der Waals surface area (Å²) in [5.74, 6) is 1.37. The van der Waals surface area contributed by atoms with Crippen LogP contribution in [-0.4, -0.2) is 23.5 Å². The molecular weight excluding hydrogens is 310 g/mol. The number of oxime groups is 1. The van der Waals surface area contributed by atoms with Crippen molar-refractivity contribution in [2.45, 2.75) is 20.0 Å². The molecule has 0 spiro atoms. The third-order valence-electron chi connectivity index (χ3n) is 4.20. The summed E-state index contributed by atoms with van der Waals surface area (Å²) in [5, 5.41) is 12.6. The Labute approximate surface area is 138 Å². The van der Waals surface area contributed by atoms with Gasteiger partial charge in [-0.15, -0.1) is 0 Å². The predicted octanol–water partition coefficient (Wildman–Crippen LogP) is 3.18. The quantitative estimate of drug-likeness (QED) is 0.643. The first kappa shape index (κ1) is 14.6. The summed E-state index contributed by atoms with van der Waals surface area (Å²) in [6, 6.07) is 8.96. The largest absolute Gasteiger partial charge is 0.478 e. The van der Waals surface area contributed by atoms with Gasteiger partial charge in [0, 0.05) is 5.56 Å². The maximum absolute atomic E-state index is 12.8. The molecule has 0 saturated carbocycles. The number of fused-ring (bicyclic) bond motifs is 2. The molecule has 2 aliphatic heterocycles. The number of hydrogen-bond donors (Lipinski definition) is 1. The second-order valence-electron chi connectivity index (χ2n) is 5.88. The molecule has 4 rings (SSSR count). The molecule has 6 nitrogen and oxygen atoms in total. The summed E-state index contributed by atoms with van der Waals surface area (Å²) in [5.41, 5.74) is 2.83. The molecule has 0 aliphatic carbocycles. The predicted molar refractivity (Wildman–Crippen MR) is 85.4 cm³/mol. The first-order chi connectivity index (χ1) is 11.6. The molecule has 0 fully saturated rings. The monoisotopic (exact) mass is 325 g/mol. The van der Waals surface area contributed by atoms with Crippen molar-refractivity contribution in [2.24, 2.45) is 5.16 Å². The Morgan fingerprint density at radius 3 is 2.67 bits per heavy atom. The van der Waals surface area contributed by atoms with E-state index in [9.17, 15) is 10.0 Å². The average molecular weight is 325 g/mol. The molecule has 0 saturated heterocycles. The number of rotatable bonds is 1. The summed E-state index contributed by atoms with van der Waals surface area (Å²) < 4.78 is 16.7. The fourth-order valence-corrected chi connectivity index (χ4v) is 3.14.